The van der Waals surface area contributed by atoms with Gasteiger partial charge < -0.3 is 29.6 Å². The molecule has 2 aromatic carbocycles. The highest BCUT2D eigenvalue weighted by molar-refractivity contribution is 9.10. The first-order valence-corrected chi connectivity index (χ1v) is 9.44. The fourth-order valence-electron chi connectivity index (χ4n) is 2.69. The number of benzene rings is 2. The van der Waals surface area contributed by atoms with Gasteiger partial charge in [0.05, 0.1) is 28.4 Å². The second kappa shape index (κ2) is 10.8. The van der Waals surface area contributed by atoms with Crippen molar-refractivity contribution in [3.05, 3.63) is 45.9 Å². The number of amides is 1. The summed E-state index contributed by atoms with van der Waals surface area (Å²) in [6, 6.07) is 9.08. The van der Waals surface area contributed by atoms with Crippen LogP contribution in [-0.4, -0.2) is 47.4 Å². The summed E-state index contributed by atoms with van der Waals surface area (Å²) in [5.74, 6) is 1.92. The van der Waals surface area contributed by atoms with Crippen LogP contribution in [0, 0.1) is 0 Å². The van der Waals surface area contributed by atoms with Crippen LogP contribution < -0.4 is 29.6 Å². The van der Waals surface area contributed by atoms with E-state index >= 15 is 0 Å². The normalized spacial score (nSPS) is 10.3. The van der Waals surface area contributed by atoms with Crippen molar-refractivity contribution < 1.29 is 23.7 Å². The third kappa shape index (κ3) is 5.53. The van der Waals surface area contributed by atoms with Crippen molar-refractivity contribution in [2.45, 2.75) is 6.54 Å². The number of ether oxygens (including phenoxy) is 4. The zero-order chi connectivity index (χ0) is 20.5. The van der Waals surface area contributed by atoms with E-state index in [2.05, 4.69) is 26.6 Å². The van der Waals surface area contributed by atoms with Gasteiger partial charge in [-0.25, -0.2) is 0 Å². The molecule has 0 radical (unpaired) electrons. The van der Waals surface area contributed by atoms with E-state index in [1.165, 1.54) is 21.3 Å². The molecule has 0 atom stereocenters. The largest absolute Gasteiger partial charge is 0.496 e. The molecular formula is C20H25BrN2O5. The van der Waals surface area contributed by atoms with Gasteiger partial charge >= 0.3 is 0 Å². The van der Waals surface area contributed by atoms with E-state index in [-0.39, 0.29) is 5.91 Å². The van der Waals surface area contributed by atoms with Gasteiger partial charge in [-0.05, 0) is 30.3 Å². The SMILES string of the molecule is COc1ccc(Br)cc1CNCCNC(=O)c1cc(OC)c(OC)c(OC)c1. The Labute approximate surface area is 173 Å². The molecule has 0 saturated heterocycles. The molecule has 0 fully saturated rings. The van der Waals surface area contributed by atoms with Gasteiger partial charge in [-0.3, -0.25) is 4.79 Å². The maximum Gasteiger partial charge on any atom is 0.251 e. The van der Waals surface area contributed by atoms with Crippen molar-refractivity contribution in [2.24, 2.45) is 0 Å². The number of methoxy groups -OCH3 is 4. The fraction of sp³-hybridized carbons (Fsp3) is 0.350. The van der Waals surface area contributed by atoms with E-state index < -0.39 is 0 Å². The Morgan fingerprint density at radius 3 is 2.11 bits per heavy atom. The third-order valence-electron chi connectivity index (χ3n) is 4.07. The minimum Gasteiger partial charge on any atom is -0.496 e. The molecule has 2 N–H and O–H groups in total. The molecule has 0 aliphatic heterocycles. The maximum atomic E-state index is 12.4. The molecule has 0 heterocycles. The third-order valence-corrected chi connectivity index (χ3v) is 4.57. The molecule has 0 spiro atoms. The highest BCUT2D eigenvalue weighted by Crippen LogP contribution is 2.38. The molecule has 7 nitrogen and oxygen atoms in total. The fourth-order valence-corrected chi connectivity index (χ4v) is 3.10. The molecule has 2 aromatic rings. The molecule has 1 amide bonds. The Kier molecular flexibility index (Phi) is 8.41. The van der Waals surface area contributed by atoms with Gasteiger partial charge in [0, 0.05) is 35.2 Å². The van der Waals surface area contributed by atoms with Crippen molar-refractivity contribution >= 4 is 21.8 Å². The van der Waals surface area contributed by atoms with Crippen LogP contribution in [-0.2, 0) is 6.54 Å². The second-order valence-corrected chi connectivity index (χ2v) is 6.72. The van der Waals surface area contributed by atoms with E-state index in [0.717, 1.165) is 15.8 Å². The summed E-state index contributed by atoms with van der Waals surface area (Å²) in [6.07, 6.45) is 0. The number of hydrogen-bond donors (Lipinski definition) is 2. The first-order chi connectivity index (χ1) is 13.5. The van der Waals surface area contributed by atoms with Crippen molar-refractivity contribution in [3.8, 4) is 23.0 Å². The van der Waals surface area contributed by atoms with Crippen molar-refractivity contribution in [3.63, 3.8) is 0 Å². The quantitative estimate of drug-likeness (QED) is 0.539. The van der Waals surface area contributed by atoms with Gasteiger partial charge in [0.2, 0.25) is 5.75 Å². The zero-order valence-electron chi connectivity index (χ0n) is 16.4. The average molecular weight is 453 g/mol. The number of carbonyl (C=O) groups is 1. The molecule has 28 heavy (non-hydrogen) atoms. The summed E-state index contributed by atoms with van der Waals surface area (Å²) in [4.78, 5) is 12.4. The Balaban J connectivity index is 1.90. The van der Waals surface area contributed by atoms with E-state index in [1.807, 2.05) is 18.2 Å². The van der Waals surface area contributed by atoms with E-state index in [9.17, 15) is 4.79 Å². The molecule has 0 aliphatic rings. The standard InChI is InChI=1S/C20H25BrN2O5/c1-25-16-6-5-15(21)9-14(16)12-22-7-8-23-20(24)13-10-17(26-2)19(28-4)18(11-13)27-3/h5-6,9-11,22H,7-8,12H2,1-4H3,(H,23,24). The van der Waals surface area contributed by atoms with Crippen LogP contribution in [0.5, 0.6) is 23.0 Å². The monoisotopic (exact) mass is 452 g/mol. The molecule has 0 unspecified atom stereocenters. The Hall–Kier alpha value is -2.45. The van der Waals surface area contributed by atoms with Crippen molar-refractivity contribution in [2.75, 3.05) is 41.5 Å². The summed E-state index contributed by atoms with van der Waals surface area (Å²) >= 11 is 3.46. The lowest BCUT2D eigenvalue weighted by atomic mass is 10.1. The summed E-state index contributed by atoms with van der Waals surface area (Å²) < 4.78 is 22.2. The van der Waals surface area contributed by atoms with Gasteiger partial charge in [-0.15, -0.1) is 0 Å². The minimum atomic E-state index is -0.221. The van der Waals surface area contributed by atoms with Crippen molar-refractivity contribution in [1.29, 1.82) is 0 Å². The van der Waals surface area contributed by atoms with Gasteiger partial charge in [-0.2, -0.15) is 0 Å². The first-order valence-electron chi connectivity index (χ1n) is 8.65. The number of carbonyl (C=O) groups excluding carboxylic acids is 1. The van der Waals surface area contributed by atoms with Gasteiger partial charge in [0.15, 0.2) is 11.5 Å². The predicted molar refractivity (Wildman–Crippen MR) is 111 cm³/mol. The molecule has 0 saturated carbocycles. The average Bonchev–Trinajstić information content (AvgIpc) is 2.72. The Morgan fingerprint density at radius 2 is 1.54 bits per heavy atom. The molecule has 0 bridgehead atoms. The minimum absolute atomic E-state index is 0.221. The van der Waals surface area contributed by atoms with E-state index in [4.69, 9.17) is 18.9 Å². The molecule has 0 aromatic heterocycles. The summed E-state index contributed by atoms with van der Waals surface area (Å²) in [5, 5.41) is 6.16. The highest BCUT2D eigenvalue weighted by Gasteiger charge is 2.16. The van der Waals surface area contributed by atoms with E-state index in [0.29, 0.717) is 42.4 Å². The van der Waals surface area contributed by atoms with Gasteiger partial charge in [0.25, 0.3) is 5.91 Å². The Bertz CT molecular complexity index is 788. The van der Waals surface area contributed by atoms with Crippen LogP contribution in [0.2, 0.25) is 0 Å². The zero-order valence-corrected chi connectivity index (χ0v) is 18.0. The van der Waals surface area contributed by atoms with Gasteiger partial charge in [-0.1, -0.05) is 15.9 Å². The summed E-state index contributed by atoms with van der Waals surface area (Å²) in [7, 11) is 6.19. The number of hydrogen-bond acceptors (Lipinski definition) is 6. The number of halogens is 1. The van der Waals surface area contributed by atoms with Crippen LogP contribution in [0.3, 0.4) is 0 Å². The van der Waals surface area contributed by atoms with Crippen LogP contribution in [0.4, 0.5) is 0 Å². The Morgan fingerprint density at radius 1 is 0.893 bits per heavy atom. The molecule has 152 valence electrons. The maximum absolute atomic E-state index is 12.4. The van der Waals surface area contributed by atoms with Crippen LogP contribution in [0.1, 0.15) is 15.9 Å². The lowest BCUT2D eigenvalue weighted by Gasteiger charge is -2.14. The van der Waals surface area contributed by atoms with E-state index in [1.54, 1.807) is 19.2 Å². The molecule has 8 heteroatoms. The van der Waals surface area contributed by atoms with Crippen LogP contribution >= 0.6 is 15.9 Å². The topological polar surface area (TPSA) is 78.1 Å². The smallest absolute Gasteiger partial charge is 0.251 e. The molecular weight excluding hydrogens is 428 g/mol. The number of rotatable bonds is 10. The number of nitrogens with one attached hydrogen (secondary N) is 2. The molecule has 0 aliphatic carbocycles. The lowest BCUT2D eigenvalue weighted by Crippen LogP contribution is -2.31. The second-order valence-electron chi connectivity index (χ2n) is 5.80. The van der Waals surface area contributed by atoms with Crippen LogP contribution in [0.25, 0.3) is 0 Å². The summed E-state index contributed by atoms with van der Waals surface area (Å²) in [5.41, 5.74) is 1.47. The van der Waals surface area contributed by atoms with Crippen molar-refractivity contribution in [1.82, 2.24) is 10.6 Å². The predicted octanol–water partition coefficient (Wildman–Crippen LogP) is 3.00. The lowest BCUT2D eigenvalue weighted by molar-refractivity contribution is 0.0953. The van der Waals surface area contributed by atoms with Gasteiger partial charge in [0.1, 0.15) is 5.75 Å². The highest BCUT2D eigenvalue weighted by atomic mass is 79.9. The first kappa shape index (κ1) is 21.8. The molecule has 2 rings (SSSR count). The van der Waals surface area contributed by atoms with Crippen LogP contribution in [0.15, 0.2) is 34.8 Å². The summed E-state index contributed by atoms with van der Waals surface area (Å²) in [6.45, 7) is 1.69.